The number of nitrogens with zero attached hydrogens (tertiary/aromatic N) is 2. The van der Waals surface area contributed by atoms with Gasteiger partial charge in [-0.15, -0.1) is 0 Å². The molecule has 4 aliphatic heterocycles. The molecule has 8 heteroatoms. The van der Waals surface area contributed by atoms with E-state index in [4.69, 9.17) is 28.9 Å². The monoisotopic (exact) mass is 845 g/mol. The third-order valence-electron chi connectivity index (χ3n) is 22.4. The number of carbonyl (C=O) groups excluding carboxylic acids is 2. The summed E-state index contributed by atoms with van der Waals surface area (Å²) in [6, 6.07) is 0. The van der Waals surface area contributed by atoms with Crippen molar-refractivity contribution in [3.05, 3.63) is 46.1 Å². The summed E-state index contributed by atoms with van der Waals surface area (Å²) < 4.78 is 26.9. The molecule has 0 aromatic carbocycles. The molecule has 8 aliphatic carbocycles. The van der Waals surface area contributed by atoms with Crippen molar-refractivity contribution in [3.8, 4) is 0 Å². The summed E-state index contributed by atoms with van der Waals surface area (Å²) in [5.74, 6) is 4.08. The first-order chi connectivity index (χ1) is 29.5. The first kappa shape index (κ1) is 40.1. The van der Waals surface area contributed by atoms with Crippen molar-refractivity contribution in [1.82, 2.24) is 9.97 Å². The average molecular weight is 845 g/mol. The van der Waals surface area contributed by atoms with Crippen molar-refractivity contribution in [1.29, 1.82) is 0 Å². The Kier molecular flexibility index (Phi) is 8.26. The van der Waals surface area contributed by atoms with Crippen LogP contribution in [0.25, 0.3) is 0 Å². The number of aromatic nitrogens is 2. The molecule has 334 valence electrons. The normalized spacial score (nSPS) is 55.4. The van der Waals surface area contributed by atoms with Crippen LogP contribution >= 0.6 is 0 Å². The van der Waals surface area contributed by atoms with Gasteiger partial charge in [0.05, 0.1) is 59.0 Å². The van der Waals surface area contributed by atoms with Gasteiger partial charge in [-0.2, -0.15) is 0 Å². The Morgan fingerprint density at radius 1 is 0.548 bits per heavy atom. The van der Waals surface area contributed by atoms with Gasteiger partial charge >= 0.3 is 0 Å². The van der Waals surface area contributed by atoms with Crippen LogP contribution in [0.1, 0.15) is 142 Å². The van der Waals surface area contributed by atoms with E-state index in [2.05, 4.69) is 67.5 Å². The van der Waals surface area contributed by atoms with E-state index in [0.29, 0.717) is 71.8 Å². The Morgan fingerprint density at radius 2 is 0.968 bits per heavy atom. The highest BCUT2D eigenvalue weighted by molar-refractivity contribution is 5.91. The number of Topliss-reactive ketones (excluding diaryl/α,β-unsaturated/α-hetero) is 2. The van der Waals surface area contributed by atoms with Gasteiger partial charge in [-0.1, -0.05) is 64.8 Å². The zero-order valence-electron chi connectivity index (χ0n) is 38.9. The maximum Gasteiger partial charge on any atom is 0.172 e. The topological polar surface area (TPSA) is 96.8 Å². The van der Waals surface area contributed by atoms with Crippen LogP contribution in [0, 0.1) is 92.7 Å². The molecule has 62 heavy (non-hydrogen) atoms. The minimum Gasteiger partial charge on any atom is -0.349 e. The van der Waals surface area contributed by atoms with E-state index >= 15 is 0 Å². The Labute approximate surface area is 369 Å². The second kappa shape index (κ2) is 12.8. The number of fused-ring (bicyclic) bond motifs is 16. The Bertz CT molecular complexity index is 2060. The third-order valence-corrected chi connectivity index (χ3v) is 22.4. The minimum absolute atomic E-state index is 0.0106. The number of ether oxygens (including phenoxy) is 4. The van der Waals surface area contributed by atoms with E-state index < -0.39 is 22.4 Å². The second-order valence-electron chi connectivity index (χ2n) is 25.0. The number of rotatable bonds is 0. The molecule has 1 aromatic heterocycles. The van der Waals surface area contributed by atoms with E-state index in [0.717, 1.165) is 77.4 Å². The van der Waals surface area contributed by atoms with E-state index in [1.54, 1.807) is 0 Å². The van der Waals surface area contributed by atoms with Crippen molar-refractivity contribution in [2.75, 3.05) is 13.2 Å². The van der Waals surface area contributed by atoms with Gasteiger partial charge in [-0.05, 0) is 136 Å². The van der Waals surface area contributed by atoms with Crippen LogP contribution < -0.4 is 0 Å². The van der Waals surface area contributed by atoms with Crippen LogP contribution in [-0.2, 0) is 54.2 Å². The highest BCUT2D eigenvalue weighted by Crippen LogP contribution is 2.70. The number of carbonyl (C=O) groups is 2. The molecule has 0 radical (unpaired) electrons. The lowest BCUT2D eigenvalue weighted by Crippen LogP contribution is -2.57. The maximum atomic E-state index is 14.8. The van der Waals surface area contributed by atoms with Gasteiger partial charge in [-0.25, -0.2) is 0 Å². The Morgan fingerprint density at radius 3 is 1.35 bits per heavy atom. The Hall–Kier alpha value is -2.26. The molecule has 0 amide bonds. The lowest BCUT2D eigenvalue weighted by molar-refractivity contribution is -0.265. The summed E-state index contributed by atoms with van der Waals surface area (Å²) in [4.78, 5) is 40.9. The first-order valence-corrected chi connectivity index (χ1v) is 25.5. The number of hydrogen-bond donors (Lipinski definition) is 0. The fraction of sp³-hybridized carbons (Fsp3) is 0.815. The van der Waals surface area contributed by atoms with Gasteiger partial charge in [-0.3, -0.25) is 19.6 Å². The molecule has 1 aromatic rings. The fourth-order valence-electron chi connectivity index (χ4n) is 18.6. The number of ketones is 2. The van der Waals surface area contributed by atoms with E-state index in [1.165, 1.54) is 46.8 Å². The largest absolute Gasteiger partial charge is 0.349 e. The second-order valence-corrected chi connectivity index (χ2v) is 25.0. The fourth-order valence-corrected chi connectivity index (χ4v) is 18.6. The van der Waals surface area contributed by atoms with Gasteiger partial charge in [0, 0.05) is 49.4 Å². The summed E-state index contributed by atoms with van der Waals surface area (Å²) in [5, 5.41) is 0. The number of hydrogen-bond acceptors (Lipinski definition) is 8. The predicted molar refractivity (Wildman–Crippen MR) is 233 cm³/mol. The molecule has 0 N–H and O–H groups in total. The molecule has 0 unspecified atom stereocenters. The van der Waals surface area contributed by atoms with Gasteiger partial charge < -0.3 is 18.9 Å². The highest BCUT2D eigenvalue weighted by Gasteiger charge is 2.71. The van der Waals surface area contributed by atoms with E-state index in [-0.39, 0.29) is 46.7 Å². The van der Waals surface area contributed by atoms with Crippen molar-refractivity contribution in [3.63, 3.8) is 0 Å². The van der Waals surface area contributed by atoms with E-state index in [9.17, 15) is 9.59 Å². The molecular formula is C54H72N2O6. The molecule has 20 atom stereocenters. The molecule has 5 heterocycles. The highest BCUT2D eigenvalue weighted by atomic mass is 16.7. The molecule has 8 fully saturated rings. The molecule has 12 aliphatic rings. The first-order valence-electron chi connectivity index (χ1n) is 25.5. The zero-order chi connectivity index (χ0) is 42.7. The molecule has 4 saturated heterocycles. The minimum atomic E-state index is -0.543. The van der Waals surface area contributed by atoms with Crippen LogP contribution in [0.4, 0.5) is 0 Å². The van der Waals surface area contributed by atoms with Crippen LogP contribution in [0.15, 0.2) is 23.3 Å². The SMILES string of the molecule is C[C@H]1CC[C@@]2(OC1)O[C@H]1C=C3[C@@H]4CC[C@H]5Cc6nc7c(nc6C[C@]5(C)[C@H]4CC(=O)[C@]3(C)[C@H]1[C@@H]2C)C[C@@H]1CC[C@H]2C3=C[C@@H]4O[C@]5(CC[C@H](C)CO5)[C@@H](C)[C@@H]4[C@@]3(C)C(=O)C[C@@H]2[C@@]1(C)C7. The summed E-state index contributed by atoms with van der Waals surface area (Å²) in [6.07, 6.45) is 18.6. The molecule has 2 spiro atoms. The predicted octanol–water partition coefficient (Wildman–Crippen LogP) is 9.40. The Balaban J connectivity index is 0.764. The molecule has 8 nitrogen and oxygen atoms in total. The zero-order valence-corrected chi connectivity index (χ0v) is 38.9. The van der Waals surface area contributed by atoms with Crippen LogP contribution in [0.3, 0.4) is 0 Å². The lowest BCUT2D eigenvalue weighted by atomic mass is 9.45. The third kappa shape index (κ3) is 4.85. The lowest BCUT2D eigenvalue weighted by Gasteiger charge is -2.59. The quantitative estimate of drug-likeness (QED) is 0.239. The standard InChI is InChI=1S/C54H72N2O6/c1-27-13-15-53(59-25-27)29(3)47-43(61-53)19-37-33-11-9-31-17-39-41(23-49(31,5)35(33)21-45(57)51(37,47)7)55-40-18-32-10-12-34-36(50(32,6)24-42(40)56-39)22-46(58)52(8)38(34)20-44-48(52)30(4)54(62-44)16-14-28(2)26-60-54/h19-20,27-36,43-44,47-48H,9-18,21-26H2,1-8H3/t27-,28-,29-,30-,31-,32-,33+,34+,35-,36-,43-,44-,47-,48-,49-,50-,51+,52+,53+,54+/m0/s1. The molecule has 0 bridgehead atoms. The van der Waals surface area contributed by atoms with Gasteiger partial charge in [0.25, 0.3) is 0 Å². The van der Waals surface area contributed by atoms with E-state index in [1.807, 2.05) is 0 Å². The summed E-state index contributed by atoms with van der Waals surface area (Å²) in [7, 11) is 0. The van der Waals surface area contributed by atoms with Crippen LogP contribution in [-0.4, -0.2) is 58.5 Å². The number of allylic oxidation sites excluding steroid dienone is 2. The average Bonchev–Trinajstić information content (AvgIpc) is 3.89. The molecule has 4 saturated carbocycles. The van der Waals surface area contributed by atoms with Crippen LogP contribution in [0.5, 0.6) is 0 Å². The summed E-state index contributed by atoms with van der Waals surface area (Å²) >= 11 is 0. The summed E-state index contributed by atoms with van der Waals surface area (Å²) in [5.41, 5.74) is 6.73. The molecular weight excluding hydrogens is 773 g/mol. The maximum absolute atomic E-state index is 14.8. The summed E-state index contributed by atoms with van der Waals surface area (Å²) in [6.45, 7) is 20.2. The van der Waals surface area contributed by atoms with Gasteiger partial charge in [0.1, 0.15) is 11.6 Å². The van der Waals surface area contributed by atoms with Crippen molar-refractivity contribution in [2.45, 2.75) is 169 Å². The van der Waals surface area contributed by atoms with Crippen molar-refractivity contribution < 1.29 is 28.5 Å². The van der Waals surface area contributed by atoms with Crippen molar-refractivity contribution >= 4 is 11.6 Å². The molecule has 13 rings (SSSR count). The smallest absolute Gasteiger partial charge is 0.172 e. The van der Waals surface area contributed by atoms with Crippen molar-refractivity contribution in [2.24, 2.45) is 92.7 Å². The van der Waals surface area contributed by atoms with Crippen LogP contribution in [0.2, 0.25) is 0 Å². The van der Waals surface area contributed by atoms with Gasteiger partial charge in [0.15, 0.2) is 11.6 Å². The van der Waals surface area contributed by atoms with Gasteiger partial charge in [0.2, 0.25) is 0 Å².